The second-order valence-electron chi connectivity index (χ2n) is 4.26. The fraction of sp³-hybridized carbons (Fsp3) is 0.583. The smallest absolute Gasteiger partial charge is 0.228 e. The molecule has 1 amide bonds. The molecular weight excluding hydrogens is 258 g/mol. The summed E-state index contributed by atoms with van der Waals surface area (Å²) in [6.45, 7) is 3.19. The zero-order valence-electron chi connectivity index (χ0n) is 9.77. The minimum Gasteiger partial charge on any atom is -0.373 e. The lowest BCUT2D eigenvalue weighted by Crippen LogP contribution is -2.52. The molecule has 0 spiro atoms. The molecule has 2 unspecified atom stereocenters. The minimum absolute atomic E-state index is 0.0276. The van der Waals surface area contributed by atoms with Gasteiger partial charge in [0.25, 0.3) is 0 Å². The molecule has 0 aliphatic carbocycles. The van der Waals surface area contributed by atoms with Crippen LogP contribution in [-0.2, 0) is 16.0 Å². The summed E-state index contributed by atoms with van der Waals surface area (Å²) < 4.78 is 5.53. The maximum absolute atomic E-state index is 12.2. The van der Waals surface area contributed by atoms with Crippen molar-refractivity contribution >= 4 is 28.8 Å². The van der Waals surface area contributed by atoms with Crippen molar-refractivity contribution in [3.05, 3.63) is 22.4 Å². The van der Waals surface area contributed by atoms with E-state index in [2.05, 4.69) is 0 Å². The summed E-state index contributed by atoms with van der Waals surface area (Å²) in [6, 6.07) is 4.10. The first-order valence-corrected chi connectivity index (χ1v) is 7.11. The number of halogens is 1. The molecule has 0 radical (unpaired) electrons. The Kier molecular flexibility index (Phi) is 4.42. The molecule has 2 atom stereocenters. The highest BCUT2D eigenvalue weighted by Gasteiger charge is 2.29. The van der Waals surface area contributed by atoms with Crippen LogP contribution in [0.4, 0.5) is 0 Å². The topological polar surface area (TPSA) is 29.5 Å². The van der Waals surface area contributed by atoms with Crippen LogP contribution in [0.15, 0.2) is 17.5 Å². The molecule has 0 aromatic carbocycles. The zero-order chi connectivity index (χ0) is 12.3. The molecule has 0 bridgehead atoms. The Morgan fingerprint density at radius 3 is 3.18 bits per heavy atom. The minimum atomic E-state index is -0.0276. The predicted molar refractivity (Wildman–Crippen MR) is 69.7 cm³/mol. The molecule has 17 heavy (non-hydrogen) atoms. The lowest BCUT2D eigenvalue weighted by Gasteiger charge is -2.37. The van der Waals surface area contributed by atoms with Gasteiger partial charge in [-0.05, 0) is 18.4 Å². The molecule has 1 saturated heterocycles. The second-order valence-corrected chi connectivity index (χ2v) is 5.60. The van der Waals surface area contributed by atoms with E-state index >= 15 is 0 Å². The Bertz CT molecular complexity index is 369. The third-order valence-corrected chi connectivity index (χ3v) is 4.12. The van der Waals surface area contributed by atoms with Gasteiger partial charge in [-0.3, -0.25) is 4.79 Å². The maximum Gasteiger partial charge on any atom is 0.228 e. The van der Waals surface area contributed by atoms with Crippen LogP contribution in [0, 0.1) is 0 Å². The lowest BCUT2D eigenvalue weighted by molar-refractivity contribution is -0.142. The van der Waals surface area contributed by atoms with E-state index < -0.39 is 0 Å². The molecule has 1 fully saturated rings. The van der Waals surface area contributed by atoms with E-state index in [1.807, 2.05) is 29.3 Å². The molecule has 1 aliphatic rings. The third-order valence-electron chi connectivity index (χ3n) is 2.90. The van der Waals surface area contributed by atoms with Crippen LogP contribution in [0.25, 0.3) is 0 Å². The first-order chi connectivity index (χ1) is 8.20. The summed E-state index contributed by atoms with van der Waals surface area (Å²) in [5.74, 6) is 0.605. The highest BCUT2D eigenvalue weighted by atomic mass is 35.5. The number of thiophene rings is 1. The number of ether oxygens (including phenoxy) is 1. The number of hydrogen-bond donors (Lipinski definition) is 0. The van der Waals surface area contributed by atoms with Gasteiger partial charge < -0.3 is 9.64 Å². The van der Waals surface area contributed by atoms with Gasteiger partial charge >= 0.3 is 0 Å². The van der Waals surface area contributed by atoms with Crippen molar-refractivity contribution < 1.29 is 9.53 Å². The number of nitrogens with zero attached hydrogens (tertiary/aromatic N) is 1. The number of hydrogen-bond acceptors (Lipinski definition) is 3. The normalized spacial score (nSPS) is 24.9. The molecule has 1 aromatic rings. The van der Waals surface area contributed by atoms with E-state index in [9.17, 15) is 4.79 Å². The van der Waals surface area contributed by atoms with Crippen molar-refractivity contribution in [1.29, 1.82) is 0 Å². The van der Waals surface area contributed by atoms with Crippen LogP contribution in [0.2, 0.25) is 0 Å². The summed E-state index contributed by atoms with van der Waals surface area (Å²) in [5.41, 5.74) is 0. The van der Waals surface area contributed by atoms with Crippen LogP contribution >= 0.6 is 22.9 Å². The van der Waals surface area contributed by atoms with Gasteiger partial charge in [0, 0.05) is 11.4 Å². The van der Waals surface area contributed by atoms with Crippen LogP contribution in [0.5, 0.6) is 0 Å². The zero-order valence-corrected chi connectivity index (χ0v) is 11.3. The van der Waals surface area contributed by atoms with E-state index in [0.29, 0.717) is 25.5 Å². The van der Waals surface area contributed by atoms with Crippen molar-refractivity contribution in [1.82, 2.24) is 4.90 Å². The van der Waals surface area contributed by atoms with Gasteiger partial charge in [-0.1, -0.05) is 6.07 Å². The van der Waals surface area contributed by atoms with Gasteiger partial charge in [0.05, 0.1) is 31.1 Å². The number of morpholine rings is 1. The Hall–Kier alpha value is -0.580. The van der Waals surface area contributed by atoms with Crippen molar-refractivity contribution in [2.45, 2.75) is 25.5 Å². The number of amides is 1. The number of carbonyl (C=O) groups is 1. The summed E-state index contributed by atoms with van der Waals surface area (Å²) in [6.07, 6.45) is 0.456. The molecule has 1 aliphatic heterocycles. The average molecular weight is 274 g/mol. The molecule has 5 heteroatoms. The van der Waals surface area contributed by atoms with Crippen molar-refractivity contribution in [2.75, 3.05) is 19.0 Å². The Morgan fingerprint density at radius 2 is 2.53 bits per heavy atom. The van der Waals surface area contributed by atoms with Gasteiger partial charge in [-0.25, -0.2) is 0 Å². The molecule has 0 N–H and O–H groups in total. The SMILES string of the molecule is CC1COC(CCl)CN1C(=O)Cc1cccs1. The molecule has 2 heterocycles. The van der Waals surface area contributed by atoms with E-state index in [-0.39, 0.29) is 18.1 Å². The molecule has 3 nitrogen and oxygen atoms in total. The average Bonchev–Trinajstić information content (AvgIpc) is 2.82. The number of carbonyl (C=O) groups excluding carboxylic acids is 1. The second kappa shape index (κ2) is 5.85. The van der Waals surface area contributed by atoms with Gasteiger partial charge in [0.1, 0.15) is 0 Å². The molecular formula is C12H16ClNO2S. The molecule has 1 aromatic heterocycles. The van der Waals surface area contributed by atoms with Crippen LogP contribution < -0.4 is 0 Å². The van der Waals surface area contributed by atoms with Crippen LogP contribution in [-0.4, -0.2) is 42.0 Å². The number of rotatable bonds is 3. The summed E-state index contributed by atoms with van der Waals surface area (Å²) >= 11 is 7.40. The Labute approximate surface area is 110 Å². The fourth-order valence-electron chi connectivity index (χ4n) is 1.92. The van der Waals surface area contributed by atoms with E-state index in [1.54, 1.807) is 11.3 Å². The Balaban J connectivity index is 1.97. The van der Waals surface area contributed by atoms with E-state index in [4.69, 9.17) is 16.3 Å². The first-order valence-electron chi connectivity index (χ1n) is 5.70. The van der Waals surface area contributed by atoms with Gasteiger partial charge in [-0.15, -0.1) is 22.9 Å². The van der Waals surface area contributed by atoms with Crippen LogP contribution in [0.1, 0.15) is 11.8 Å². The van der Waals surface area contributed by atoms with Gasteiger partial charge in [-0.2, -0.15) is 0 Å². The largest absolute Gasteiger partial charge is 0.373 e. The van der Waals surface area contributed by atoms with E-state index in [1.165, 1.54) is 0 Å². The number of alkyl halides is 1. The summed E-state index contributed by atoms with van der Waals surface area (Å²) in [7, 11) is 0. The highest BCUT2D eigenvalue weighted by Crippen LogP contribution is 2.16. The first kappa shape index (κ1) is 12.9. The van der Waals surface area contributed by atoms with E-state index in [0.717, 1.165) is 4.88 Å². The molecule has 94 valence electrons. The quantitative estimate of drug-likeness (QED) is 0.790. The Morgan fingerprint density at radius 1 is 1.71 bits per heavy atom. The van der Waals surface area contributed by atoms with Crippen molar-refractivity contribution in [2.24, 2.45) is 0 Å². The highest BCUT2D eigenvalue weighted by molar-refractivity contribution is 7.10. The van der Waals surface area contributed by atoms with Gasteiger partial charge in [0.15, 0.2) is 0 Å². The summed E-state index contributed by atoms with van der Waals surface area (Å²) in [4.78, 5) is 15.2. The van der Waals surface area contributed by atoms with Crippen molar-refractivity contribution in [3.8, 4) is 0 Å². The molecule has 2 rings (SSSR count). The molecule has 0 saturated carbocycles. The lowest BCUT2D eigenvalue weighted by atomic mass is 10.2. The maximum atomic E-state index is 12.2. The fourth-order valence-corrected chi connectivity index (χ4v) is 2.80. The summed E-state index contributed by atoms with van der Waals surface area (Å²) in [5, 5.41) is 1.99. The predicted octanol–water partition coefficient (Wildman–Crippen LogP) is 2.15. The van der Waals surface area contributed by atoms with Crippen LogP contribution in [0.3, 0.4) is 0 Å². The van der Waals surface area contributed by atoms with Crippen molar-refractivity contribution in [3.63, 3.8) is 0 Å². The third kappa shape index (κ3) is 3.21. The standard InChI is InChI=1S/C12H16ClNO2S/c1-9-8-16-10(6-13)7-14(9)12(15)5-11-3-2-4-17-11/h2-4,9-10H,5-8H2,1H3. The van der Waals surface area contributed by atoms with Gasteiger partial charge in [0.2, 0.25) is 5.91 Å². The monoisotopic (exact) mass is 273 g/mol.